The smallest absolute Gasteiger partial charge is 0.261 e. The lowest BCUT2D eigenvalue weighted by atomic mass is 10.3. The van der Waals surface area contributed by atoms with Crippen molar-refractivity contribution in [2.24, 2.45) is 0 Å². The number of aromatic nitrogens is 4. The number of rotatable bonds is 7. The number of sulfonamides is 1. The molecule has 0 atom stereocenters. The van der Waals surface area contributed by atoms with Gasteiger partial charge in [-0.25, -0.2) is 18.1 Å². The highest BCUT2D eigenvalue weighted by molar-refractivity contribution is 7.92. The quantitative estimate of drug-likeness (QED) is 0.405. The third kappa shape index (κ3) is 5.42. The minimum absolute atomic E-state index is 0.166. The van der Waals surface area contributed by atoms with Gasteiger partial charge in [-0.3, -0.25) is 4.72 Å². The van der Waals surface area contributed by atoms with Crippen molar-refractivity contribution >= 4 is 33.2 Å². The van der Waals surface area contributed by atoms with Crippen LogP contribution in [0.25, 0.3) is 5.69 Å². The molecule has 3 heterocycles. The molecule has 180 valence electrons. The summed E-state index contributed by atoms with van der Waals surface area (Å²) >= 11 is 0. The molecule has 10 nitrogen and oxygen atoms in total. The Labute approximate surface area is 203 Å². The van der Waals surface area contributed by atoms with Gasteiger partial charge in [-0.05, 0) is 61.5 Å². The van der Waals surface area contributed by atoms with Crippen LogP contribution in [0.4, 0.5) is 23.1 Å². The number of hydrogen-bond donors (Lipinski definition) is 2. The van der Waals surface area contributed by atoms with Crippen LogP contribution in [-0.4, -0.2) is 54.5 Å². The molecule has 1 fully saturated rings. The largest absolute Gasteiger partial charge is 0.378 e. The maximum Gasteiger partial charge on any atom is 0.261 e. The van der Waals surface area contributed by atoms with E-state index in [1.54, 1.807) is 71.7 Å². The van der Waals surface area contributed by atoms with Crippen molar-refractivity contribution in [1.82, 2.24) is 19.7 Å². The monoisotopic (exact) mass is 491 g/mol. The molecular weight excluding hydrogens is 466 g/mol. The van der Waals surface area contributed by atoms with Gasteiger partial charge in [-0.2, -0.15) is 10.1 Å². The summed E-state index contributed by atoms with van der Waals surface area (Å²) in [6.07, 6.45) is 3.46. The van der Waals surface area contributed by atoms with Gasteiger partial charge in [0.15, 0.2) is 0 Å². The van der Waals surface area contributed by atoms with Crippen molar-refractivity contribution in [3.63, 3.8) is 0 Å². The summed E-state index contributed by atoms with van der Waals surface area (Å²) in [6.45, 7) is 4.86. The average Bonchev–Trinajstić information content (AvgIpc) is 3.41. The number of morpholine rings is 1. The lowest BCUT2D eigenvalue weighted by Crippen LogP contribution is -2.36. The Balaban J connectivity index is 1.26. The Kier molecular flexibility index (Phi) is 6.34. The second-order valence-corrected chi connectivity index (χ2v) is 9.73. The molecule has 1 saturated heterocycles. The fourth-order valence-electron chi connectivity index (χ4n) is 3.73. The zero-order chi connectivity index (χ0) is 24.3. The van der Waals surface area contributed by atoms with E-state index in [4.69, 9.17) is 4.74 Å². The maximum atomic E-state index is 12.8. The molecule has 2 aromatic carbocycles. The summed E-state index contributed by atoms with van der Waals surface area (Å²) < 4.78 is 35.3. The van der Waals surface area contributed by atoms with Gasteiger partial charge < -0.3 is 15.0 Å². The molecule has 0 unspecified atom stereocenters. The Bertz CT molecular complexity index is 1380. The number of nitrogens with zero attached hydrogens (tertiary/aromatic N) is 5. The molecule has 5 rings (SSSR count). The molecule has 0 spiro atoms. The Morgan fingerprint density at radius 3 is 2.34 bits per heavy atom. The molecule has 35 heavy (non-hydrogen) atoms. The predicted molar refractivity (Wildman–Crippen MR) is 134 cm³/mol. The summed E-state index contributed by atoms with van der Waals surface area (Å²) in [7, 11) is -3.73. The summed E-state index contributed by atoms with van der Waals surface area (Å²) in [5.41, 5.74) is 2.83. The summed E-state index contributed by atoms with van der Waals surface area (Å²) in [5, 5.41) is 7.35. The molecule has 0 amide bonds. The van der Waals surface area contributed by atoms with Crippen molar-refractivity contribution in [1.29, 1.82) is 0 Å². The molecule has 0 radical (unpaired) electrons. The van der Waals surface area contributed by atoms with Crippen LogP contribution in [-0.2, 0) is 14.8 Å². The molecule has 1 aliphatic rings. The number of hydrogen-bond acceptors (Lipinski definition) is 8. The molecular formula is C24H25N7O3S. The Hall–Kier alpha value is -3.96. The molecule has 2 N–H and O–H groups in total. The fourth-order valence-corrected chi connectivity index (χ4v) is 4.79. The van der Waals surface area contributed by atoms with Crippen molar-refractivity contribution in [3.8, 4) is 5.69 Å². The number of anilines is 4. The lowest BCUT2D eigenvalue weighted by molar-refractivity contribution is 0.122. The second-order valence-electron chi connectivity index (χ2n) is 8.04. The van der Waals surface area contributed by atoms with E-state index in [2.05, 4.69) is 30.0 Å². The number of nitrogens with one attached hydrogen (secondary N) is 2. The maximum absolute atomic E-state index is 12.8. The SMILES string of the molecule is Cc1cc(N2CCOCC2)nc(Nc2ccc(NS(=O)(=O)c3ccc(-n4cccn4)cc3)cc2)n1. The first-order valence-electron chi connectivity index (χ1n) is 11.1. The highest BCUT2D eigenvalue weighted by atomic mass is 32.2. The van der Waals surface area contributed by atoms with Crippen LogP contribution >= 0.6 is 0 Å². The van der Waals surface area contributed by atoms with E-state index < -0.39 is 10.0 Å². The van der Waals surface area contributed by atoms with Crippen molar-refractivity contribution in [2.75, 3.05) is 41.2 Å². The van der Waals surface area contributed by atoms with E-state index in [0.29, 0.717) is 24.8 Å². The zero-order valence-electron chi connectivity index (χ0n) is 19.1. The predicted octanol–water partition coefficient (Wildman–Crippen LogP) is 3.35. The minimum atomic E-state index is -3.73. The van der Waals surface area contributed by atoms with Gasteiger partial charge in [-0.1, -0.05) is 0 Å². The average molecular weight is 492 g/mol. The summed E-state index contributed by atoms with van der Waals surface area (Å²) in [4.78, 5) is 11.4. The Morgan fingerprint density at radius 2 is 1.66 bits per heavy atom. The highest BCUT2D eigenvalue weighted by Crippen LogP contribution is 2.22. The molecule has 0 aliphatic carbocycles. The van der Waals surface area contributed by atoms with Gasteiger partial charge in [0.2, 0.25) is 5.95 Å². The van der Waals surface area contributed by atoms with E-state index in [1.165, 1.54) is 0 Å². The van der Waals surface area contributed by atoms with Gasteiger partial charge in [0.25, 0.3) is 10.0 Å². The highest BCUT2D eigenvalue weighted by Gasteiger charge is 2.16. The molecule has 1 aliphatic heterocycles. The van der Waals surface area contributed by atoms with Gasteiger partial charge in [0, 0.05) is 48.6 Å². The molecule has 0 saturated carbocycles. The topological polar surface area (TPSA) is 114 Å². The van der Waals surface area contributed by atoms with E-state index in [1.807, 2.05) is 13.0 Å². The van der Waals surface area contributed by atoms with Gasteiger partial charge in [0.1, 0.15) is 5.82 Å². The van der Waals surface area contributed by atoms with Gasteiger partial charge in [-0.15, -0.1) is 0 Å². The molecule has 11 heteroatoms. The first-order chi connectivity index (χ1) is 17.0. The van der Waals surface area contributed by atoms with E-state index in [0.717, 1.165) is 36.0 Å². The number of benzene rings is 2. The van der Waals surface area contributed by atoms with E-state index in [-0.39, 0.29) is 4.90 Å². The van der Waals surface area contributed by atoms with Crippen LogP contribution in [0, 0.1) is 6.92 Å². The second kappa shape index (κ2) is 9.72. The van der Waals surface area contributed by atoms with E-state index in [9.17, 15) is 8.42 Å². The third-order valence-corrected chi connectivity index (χ3v) is 6.88. The van der Waals surface area contributed by atoms with Crippen LogP contribution in [0.1, 0.15) is 5.69 Å². The zero-order valence-corrected chi connectivity index (χ0v) is 19.9. The third-order valence-electron chi connectivity index (χ3n) is 5.48. The first-order valence-corrected chi connectivity index (χ1v) is 12.6. The normalized spacial score (nSPS) is 14.0. The van der Waals surface area contributed by atoms with Gasteiger partial charge >= 0.3 is 0 Å². The van der Waals surface area contributed by atoms with Crippen molar-refractivity contribution in [2.45, 2.75) is 11.8 Å². The number of ether oxygens (including phenoxy) is 1. The van der Waals surface area contributed by atoms with E-state index >= 15 is 0 Å². The standard InChI is InChI=1S/C24H25N7O3S/c1-18-17-23(30-13-15-34-16-14-30)28-24(26-18)27-19-3-5-20(6-4-19)29-35(32,33)22-9-7-21(8-10-22)31-12-2-11-25-31/h2-12,17,29H,13-16H2,1H3,(H,26,27,28). The first kappa shape index (κ1) is 22.8. The molecule has 4 aromatic rings. The molecule has 2 aromatic heterocycles. The van der Waals surface area contributed by atoms with Crippen LogP contribution in [0.2, 0.25) is 0 Å². The lowest BCUT2D eigenvalue weighted by Gasteiger charge is -2.28. The molecule has 0 bridgehead atoms. The number of aryl methyl sites for hydroxylation is 1. The van der Waals surface area contributed by atoms with Crippen LogP contribution < -0.4 is 14.9 Å². The fraction of sp³-hybridized carbons (Fsp3) is 0.208. The van der Waals surface area contributed by atoms with Crippen LogP contribution in [0.15, 0.2) is 78.0 Å². The minimum Gasteiger partial charge on any atom is -0.378 e. The van der Waals surface area contributed by atoms with Crippen LogP contribution in [0.5, 0.6) is 0 Å². The van der Waals surface area contributed by atoms with Gasteiger partial charge in [0.05, 0.1) is 23.8 Å². The summed E-state index contributed by atoms with van der Waals surface area (Å²) in [6, 6.07) is 17.2. The van der Waals surface area contributed by atoms with Crippen molar-refractivity contribution in [3.05, 3.63) is 78.8 Å². The Morgan fingerprint density at radius 1 is 0.943 bits per heavy atom. The van der Waals surface area contributed by atoms with Crippen molar-refractivity contribution < 1.29 is 13.2 Å². The summed E-state index contributed by atoms with van der Waals surface area (Å²) in [5.74, 6) is 1.34. The van der Waals surface area contributed by atoms with Crippen LogP contribution in [0.3, 0.4) is 0 Å².